The number of nitrogens with zero attached hydrogens (tertiary/aromatic N) is 3. The van der Waals surface area contributed by atoms with Crippen molar-refractivity contribution >= 4 is 23.0 Å². The van der Waals surface area contributed by atoms with E-state index >= 15 is 0 Å². The zero-order valence-corrected chi connectivity index (χ0v) is 10.2. The summed E-state index contributed by atoms with van der Waals surface area (Å²) in [4.78, 5) is 15.9. The minimum Gasteiger partial charge on any atom is -0.352 e. The minimum atomic E-state index is -0.148. The van der Waals surface area contributed by atoms with Gasteiger partial charge in [-0.1, -0.05) is 6.92 Å². The van der Waals surface area contributed by atoms with Crippen molar-refractivity contribution in [3.05, 3.63) is 30.4 Å². The summed E-state index contributed by atoms with van der Waals surface area (Å²) in [6, 6.07) is 0. The second-order valence-corrected chi connectivity index (χ2v) is 4.24. The second-order valence-electron chi connectivity index (χ2n) is 3.93. The zero-order valence-electron chi connectivity index (χ0n) is 9.43. The maximum Gasteiger partial charge on any atom is 0.255 e. The van der Waals surface area contributed by atoms with Gasteiger partial charge in [-0.15, -0.1) is 11.6 Å². The third kappa shape index (κ3) is 2.55. The summed E-state index contributed by atoms with van der Waals surface area (Å²) >= 11 is 5.68. The van der Waals surface area contributed by atoms with Gasteiger partial charge in [-0.05, 0) is 5.92 Å². The first kappa shape index (κ1) is 11.9. The lowest BCUT2D eigenvalue weighted by atomic mass is 10.2. The molecule has 1 N–H and O–H groups in total. The number of aromatic nitrogens is 3. The molecule has 0 saturated heterocycles. The molecule has 17 heavy (non-hydrogen) atoms. The lowest BCUT2D eigenvalue weighted by molar-refractivity contribution is 0.0951. The molecule has 0 fully saturated rings. The first-order chi connectivity index (χ1) is 8.22. The fraction of sp³-hybridized carbons (Fsp3) is 0.364. The van der Waals surface area contributed by atoms with Gasteiger partial charge in [0, 0.05) is 24.8 Å². The molecular weight excluding hydrogens is 240 g/mol. The number of carbonyl (C=O) groups excluding carboxylic acids is 1. The van der Waals surface area contributed by atoms with Crippen molar-refractivity contribution in [1.82, 2.24) is 19.9 Å². The van der Waals surface area contributed by atoms with Crippen LogP contribution in [0.3, 0.4) is 0 Å². The Kier molecular flexibility index (Phi) is 3.58. The Morgan fingerprint density at radius 3 is 3.18 bits per heavy atom. The topological polar surface area (TPSA) is 59.3 Å². The van der Waals surface area contributed by atoms with Crippen LogP contribution >= 0.6 is 11.6 Å². The molecule has 0 aromatic carbocycles. The maximum absolute atomic E-state index is 11.9. The van der Waals surface area contributed by atoms with Gasteiger partial charge in [0.15, 0.2) is 0 Å². The molecule has 0 aliphatic carbocycles. The average molecular weight is 253 g/mol. The molecule has 90 valence electrons. The zero-order chi connectivity index (χ0) is 12.3. The lowest BCUT2D eigenvalue weighted by Gasteiger charge is -2.08. The number of alkyl halides is 1. The third-order valence-corrected chi connectivity index (χ3v) is 2.97. The summed E-state index contributed by atoms with van der Waals surface area (Å²) in [6.45, 7) is 2.53. The number of hydrogen-bond acceptors (Lipinski definition) is 3. The summed E-state index contributed by atoms with van der Waals surface area (Å²) < 4.78 is 1.62. The monoisotopic (exact) mass is 252 g/mol. The summed E-state index contributed by atoms with van der Waals surface area (Å²) in [5, 5.41) is 6.90. The smallest absolute Gasteiger partial charge is 0.255 e. The number of halogens is 1. The highest BCUT2D eigenvalue weighted by Gasteiger charge is 2.12. The van der Waals surface area contributed by atoms with Crippen molar-refractivity contribution in [1.29, 1.82) is 0 Å². The summed E-state index contributed by atoms with van der Waals surface area (Å²) in [5.41, 5.74) is 1.23. The van der Waals surface area contributed by atoms with Crippen molar-refractivity contribution in [2.45, 2.75) is 6.92 Å². The molecule has 0 radical (unpaired) electrons. The van der Waals surface area contributed by atoms with Crippen molar-refractivity contribution in [3.63, 3.8) is 0 Å². The van der Waals surface area contributed by atoms with Gasteiger partial charge in [-0.2, -0.15) is 5.10 Å². The summed E-state index contributed by atoms with van der Waals surface area (Å²) in [5.74, 6) is 0.627. The van der Waals surface area contributed by atoms with E-state index in [1.807, 2.05) is 6.92 Å². The molecule has 0 aliphatic heterocycles. The van der Waals surface area contributed by atoms with Crippen LogP contribution in [0.4, 0.5) is 0 Å². The van der Waals surface area contributed by atoms with Crippen molar-refractivity contribution in [2.24, 2.45) is 5.92 Å². The van der Waals surface area contributed by atoms with E-state index in [1.165, 1.54) is 6.20 Å². The molecule has 2 aromatic heterocycles. The number of hydrogen-bond donors (Lipinski definition) is 1. The van der Waals surface area contributed by atoms with Gasteiger partial charge in [-0.25, -0.2) is 4.52 Å². The van der Waals surface area contributed by atoms with E-state index in [1.54, 1.807) is 23.1 Å². The molecular formula is C11H13ClN4O. The van der Waals surface area contributed by atoms with Crippen LogP contribution < -0.4 is 5.32 Å². The molecule has 0 saturated carbocycles. The highest BCUT2D eigenvalue weighted by atomic mass is 35.5. The van der Waals surface area contributed by atoms with E-state index in [2.05, 4.69) is 15.4 Å². The number of fused-ring (bicyclic) bond motifs is 1. The Morgan fingerprint density at radius 1 is 1.59 bits per heavy atom. The molecule has 2 rings (SSSR count). The van der Waals surface area contributed by atoms with Crippen molar-refractivity contribution in [3.8, 4) is 0 Å². The van der Waals surface area contributed by atoms with E-state index < -0.39 is 0 Å². The van der Waals surface area contributed by atoms with Crippen LogP contribution in [0.2, 0.25) is 0 Å². The highest BCUT2D eigenvalue weighted by molar-refractivity contribution is 6.18. The fourth-order valence-electron chi connectivity index (χ4n) is 1.43. The van der Waals surface area contributed by atoms with Gasteiger partial charge in [0.25, 0.3) is 5.91 Å². The van der Waals surface area contributed by atoms with Crippen LogP contribution in [-0.2, 0) is 0 Å². The van der Waals surface area contributed by atoms with Gasteiger partial charge in [0.05, 0.1) is 23.5 Å². The molecule has 1 atom stereocenters. The van der Waals surface area contributed by atoms with Gasteiger partial charge < -0.3 is 5.32 Å². The number of carbonyl (C=O) groups is 1. The van der Waals surface area contributed by atoms with Gasteiger partial charge in [-0.3, -0.25) is 9.78 Å². The van der Waals surface area contributed by atoms with Gasteiger partial charge in [0.2, 0.25) is 0 Å². The Hall–Kier alpha value is -1.62. The normalized spacial score (nSPS) is 12.6. The second kappa shape index (κ2) is 5.14. The SMILES string of the molecule is CC(CCl)CNC(=O)c1cnn2ccncc12. The van der Waals surface area contributed by atoms with Crippen LogP contribution in [-0.4, -0.2) is 32.9 Å². The van der Waals surface area contributed by atoms with E-state index in [0.717, 1.165) is 0 Å². The molecule has 2 aromatic rings. The number of nitrogens with one attached hydrogen (secondary N) is 1. The standard InChI is InChI=1S/C11H13ClN4O/c1-8(4-12)5-14-11(17)9-6-15-16-3-2-13-7-10(9)16/h2-3,6-8H,4-5H2,1H3,(H,14,17). The third-order valence-electron chi connectivity index (χ3n) is 2.44. The van der Waals surface area contributed by atoms with Gasteiger partial charge >= 0.3 is 0 Å². The van der Waals surface area contributed by atoms with E-state index in [4.69, 9.17) is 11.6 Å². The predicted molar refractivity (Wildman–Crippen MR) is 65.2 cm³/mol. The van der Waals surface area contributed by atoms with Crippen LogP contribution in [0.5, 0.6) is 0 Å². The first-order valence-corrected chi connectivity index (χ1v) is 5.87. The molecule has 2 heterocycles. The molecule has 1 unspecified atom stereocenters. The molecule has 1 amide bonds. The minimum absolute atomic E-state index is 0.148. The molecule has 5 nitrogen and oxygen atoms in total. The van der Waals surface area contributed by atoms with E-state index in [9.17, 15) is 4.79 Å². The van der Waals surface area contributed by atoms with E-state index in [0.29, 0.717) is 23.5 Å². The lowest BCUT2D eigenvalue weighted by Crippen LogP contribution is -2.28. The van der Waals surface area contributed by atoms with Gasteiger partial charge in [0.1, 0.15) is 0 Å². The number of amides is 1. The van der Waals surface area contributed by atoms with Crippen molar-refractivity contribution in [2.75, 3.05) is 12.4 Å². The largest absolute Gasteiger partial charge is 0.352 e. The first-order valence-electron chi connectivity index (χ1n) is 5.34. The Balaban J connectivity index is 2.14. The Labute approximate surface area is 104 Å². The molecule has 0 spiro atoms. The van der Waals surface area contributed by atoms with Crippen LogP contribution in [0.1, 0.15) is 17.3 Å². The highest BCUT2D eigenvalue weighted by Crippen LogP contribution is 2.08. The number of rotatable bonds is 4. The predicted octanol–water partition coefficient (Wildman–Crippen LogP) is 1.33. The Bertz CT molecular complexity index is 525. The van der Waals surface area contributed by atoms with Crippen molar-refractivity contribution < 1.29 is 4.79 Å². The molecule has 0 aliphatic rings. The molecule has 0 bridgehead atoms. The maximum atomic E-state index is 11.9. The molecule has 6 heteroatoms. The van der Waals surface area contributed by atoms with Crippen LogP contribution in [0.15, 0.2) is 24.8 Å². The Morgan fingerprint density at radius 2 is 2.41 bits per heavy atom. The summed E-state index contributed by atoms with van der Waals surface area (Å²) in [6.07, 6.45) is 6.48. The quantitative estimate of drug-likeness (QED) is 0.836. The summed E-state index contributed by atoms with van der Waals surface area (Å²) in [7, 11) is 0. The van der Waals surface area contributed by atoms with Crippen LogP contribution in [0, 0.1) is 5.92 Å². The average Bonchev–Trinajstić information content (AvgIpc) is 2.79. The van der Waals surface area contributed by atoms with E-state index in [-0.39, 0.29) is 11.8 Å². The van der Waals surface area contributed by atoms with Crippen LogP contribution in [0.25, 0.3) is 5.52 Å². The fourth-order valence-corrected chi connectivity index (χ4v) is 1.54.